The number of alkyl halides is 6. The van der Waals surface area contributed by atoms with Crippen LogP contribution in [0, 0.1) is 0 Å². The van der Waals surface area contributed by atoms with Crippen molar-refractivity contribution in [2.75, 3.05) is 43.1 Å². The topological polar surface area (TPSA) is 88.4 Å². The summed E-state index contributed by atoms with van der Waals surface area (Å²) < 4.78 is 84.2. The van der Waals surface area contributed by atoms with Crippen molar-refractivity contribution in [2.45, 2.75) is 12.4 Å². The lowest BCUT2D eigenvalue weighted by atomic mass is 10.2. The Morgan fingerprint density at radius 1 is 0.912 bits per heavy atom. The van der Waals surface area contributed by atoms with Crippen LogP contribution in [0.5, 0.6) is 0 Å². The van der Waals surface area contributed by atoms with E-state index in [-0.39, 0.29) is 35.7 Å². The molecule has 2 aliphatic heterocycles. The van der Waals surface area contributed by atoms with E-state index in [4.69, 9.17) is 4.74 Å². The first-order valence-electron chi connectivity index (χ1n) is 10.00. The zero-order chi connectivity index (χ0) is 24.3. The van der Waals surface area contributed by atoms with Gasteiger partial charge in [-0.15, -0.1) is 0 Å². The predicted molar refractivity (Wildman–Crippen MR) is 110 cm³/mol. The van der Waals surface area contributed by atoms with Crippen LogP contribution in [0.3, 0.4) is 0 Å². The summed E-state index contributed by atoms with van der Waals surface area (Å²) in [7, 11) is 0. The van der Waals surface area contributed by atoms with Gasteiger partial charge in [-0.25, -0.2) is 4.98 Å². The summed E-state index contributed by atoms with van der Waals surface area (Å²) in [6.07, 6.45) is -5.76. The summed E-state index contributed by atoms with van der Waals surface area (Å²) in [5, 5.41) is 2.68. The molecular weight excluding hydrogens is 468 g/mol. The number of ether oxygens (including phenoxy) is 1. The summed E-state index contributed by atoms with van der Waals surface area (Å²) in [4.78, 5) is 21.4. The lowest BCUT2D eigenvalue weighted by Crippen LogP contribution is -2.37. The van der Waals surface area contributed by atoms with Gasteiger partial charge < -0.3 is 15.0 Å². The largest absolute Gasteiger partial charge is 0.433 e. The second-order valence-electron chi connectivity index (χ2n) is 7.14. The van der Waals surface area contributed by atoms with Crippen molar-refractivity contribution in [1.29, 1.82) is 0 Å². The summed E-state index contributed by atoms with van der Waals surface area (Å²) >= 11 is 0. The lowest BCUT2D eigenvalue weighted by Gasteiger charge is -2.27. The highest BCUT2D eigenvalue weighted by molar-refractivity contribution is 6.00. The predicted octanol–water partition coefficient (Wildman–Crippen LogP) is 3.66. The van der Waals surface area contributed by atoms with Gasteiger partial charge in [0.25, 0.3) is 0 Å². The number of hydrogen-bond donors (Lipinski definition) is 1. The van der Waals surface area contributed by atoms with Gasteiger partial charge in [0.05, 0.1) is 19.8 Å². The van der Waals surface area contributed by atoms with E-state index in [2.05, 4.69) is 30.2 Å². The number of aromatic nitrogens is 4. The van der Waals surface area contributed by atoms with Gasteiger partial charge in [-0.05, 0) is 24.3 Å². The Bertz CT molecular complexity index is 1140. The second kappa shape index (κ2) is 9.37. The SMILES string of the molecule is FC(F)(F)C1=NCC=CC(Nc2nc(-c3cccc(C(F)(F)F)n3)nc(N3CCOCC3)n2)=C1. The number of hydrogen-bond acceptors (Lipinski definition) is 8. The first-order chi connectivity index (χ1) is 16.1. The van der Waals surface area contributed by atoms with E-state index in [1.54, 1.807) is 4.90 Å². The molecule has 2 aromatic heterocycles. The number of halogens is 6. The van der Waals surface area contributed by atoms with E-state index >= 15 is 0 Å². The fourth-order valence-electron chi connectivity index (χ4n) is 3.11. The Balaban J connectivity index is 1.74. The molecule has 0 saturated carbocycles. The molecule has 2 aromatic rings. The molecule has 8 nitrogen and oxygen atoms in total. The van der Waals surface area contributed by atoms with Crippen molar-refractivity contribution in [1.82, 2.24) is 19.9 Å². The molecule has 34 heavy (non-hydrogen) atoms. The van der Waals surface area contributed by atoms with Crippen LogP contribution < -0.4 is 10.2 Å². The molecule has 0 aromatic carbocycles. The van der Waals surface area contributed by atoms with Crippen molar-refractivity contribution in [3.05, 3.63) is 47.8 Å². The molecule has 4 heterocycles. The molecular formula is C20H17F6N7O. The number of anilines is 2. The van der Waals surface area contributed by atoms with E-state index in [0.29, 0.717) is 26.3 Å². The molecule has 0 spiro atoms. The van der Waals surface area contributed by atoms with Crippen molar-refractivity contribution in [3.8, 4) is 11.5 Å². The molecule has 0 unspecified atom stereocenters. The van der Waals surface area contributed by atoms with Gasteiger partial charge in [0.15, 0.2) is 5.82 Å². The Morgan fingerprint density at radius 3 is 2.38 bits per heavy atom. The minimum absolute atomic E-state index is 0.00402. The molecule has 14 heteroatoms. The van der Waals surface area contributed by atoms with Crippen LogP contribution in [0.2, 0.25) is 0 Å². The van der Waals surface area contributed by atoms with E-state index in [9.17, 15) is 26.3 Å². The maximum atomic E-state index is 13.2. The maximum Gasteiger partial charge on any atom is 0.433 e. The lowest BCUT2D eigenvalue weighted by molar-refractivity contribution is -0.141. The Labute approximate surface area is 189 Å². The van der Waals surface area contributed by atoms with Gasteiger partial charge in [-0.2, -0.15) is 41.3 Å². The third kappa shape index (κ3) is 5.68. The number of morpholine rings is 1. The molecule has 0 radical (unpaired) electrons. The van der Waals surface area contributed by atoms with Gasteiger partial charge in [0, 0.05) is 18.8 Å². The molecule has 4 rings (SSSR count). The van der Waals surface area contributed by atoms with Gasteiger partial charge in [0.1, 0.15) is 17.1 Å². The van der Waals surface area contributed by atoms with Gasteiger partial charge in [0.2, 0.25) is 11.9 Å². The zero-order valence-corrected chi connectivity index (χ0v) is 17.4. The number of allylic oxidation sites excluding steroid dienone is 2. The highest BCUT2D eigenvalue weighted by Crippen LogP contribution is 2.29. The summed E-state index contributed by atoms with van der Waals surface area (Å²) in [6.45, 7) is 1.40. The monoisotopic (exact) mass is 485 g/mol. The van der Waals surface area contributed by atoms with Gasteiger partial charge in [-0.3, -0.25) is 4.99 Å². The fourth-order valence-corrected chi connectivity index (χ4v) is 3.11. The summed E-state index contributed by atoms with van der Waals surface area (Å²) in [5.41, 5.74) is -2.40. The average molecular weight is 485 g/mol. The number of aliphatic imine (C=N–C) groups is 1. The minimum Gasteiger partial charge on any atom is -0.378 e. The summed E-state index contributed by atoms with van der Waals surface area (Å²) in [6, 6.07) is 3.28. The van der Waals surface area contributed by atoms with Crippen molar-refractivity contribution >= 4 is 17.6 Å². The fraction of sp³-hybridized carbons (Fsp3) is 0.350. The van der Waals surface area contributed by atoms with E-state index in [0.717, 1.165) is 12.1 Å². The van der Waals surface area contributed by atoms with Crippen LogP contribution >= 0.6 is 0 Å². The van der Waals surface area contributed by atoms with E-state index in [1.165, 1.54) is 24.3 Å². The Morgan fingerprint density at radius 2 is 1.68 bits per heavy atom. The average Bonchev–Trinajstić information content (AvgIpc) is 3.05. The van der Waals surface area contributed by atoms with Crippen LogP contribution in [0.15, 0.2) is 47.1 Å². The summed E-state index contributed by atoms with van der Waals surface area (Å²) in [5.74, 6) is -0.212. The third-order valence-corrected chi connectivity index (χ3v) is 4.69. The Hall–Kier alpha value is -3.55. The maximum absolute atomic E-state index is 13.2. The minimum atomic E-state index is -4.68. The molecule has 0 amide bonds. The van der Waals surface area contributed by atoms with Crippen LogP contribution in [0.25, 0.3) is 11.5 Å². The Kier molecular flexibility index (Phi) is 6.50. The second-order valence-corrected chi connectivity index (χ2v) is 7.14. The van der Waals surface area contributed by atoms with E-state index < -0.39 is 23.8 Å². The molecule has 1 fully saturated rings. The van der Waals surface area contributed by atoms with Crippen molar-refractivity contribution in [2.24, 2.45) is 4.99 Å². The molecule has 0 aliphatic carbocycles. The van der Waals surface area contributed by atoms with Crippen LogP contribution in [0.1, 0.15) is 5.69 Å². The first kappa shape index (κ1) is 23.6. The standard InChI is InChI=1S/C20H17F6N7O/c21-19(22,23)14-5-1-4-13(29-14)16-30-17(32-18(31-16)33-7-9-34-10-8-33)28-12-3-2-6-27-15(11-12)20(24,25)26/h1-5,11H,6-10H2,(H,28,30,31,32). The molecule has 2 aliphatic rings. The molecule has 0 bridgehead atoms. The quantitative estimate of drug-likeness (QED) is 0.662. The molecule has 1 saturated heterocycles. The van der Waals surface area contributed by atoms with Crippen LogP contribution in [0.4, 0.5) is 38.2 Å². The number of pyridine rings is 1. The van der Waals surface area contributed by atoms with Gasteiger partial charge in [-0.1, -0.05) is 12.1 Å². The number of nitrogens with zero attached hydrogens (tertiary/aromatic N) is 6. The van der Waals surface area contributed by atoms with Crippen molar-refractivity contribution < 1.29 is 31.1 Å². The van der Waals surface area contributed by atoms with Crippen molar-refractivity contribution in [3.63, 3.8) is 0 Å². The molecule has 1 N–H and O–H groups in total. The van der Waals surface area contributed by atoms with Gasteiger partial charge >= 0.3 is 12.4 Å². The van der Waals surface area contributed by atoms with E-state index in [1.807, 2.05) is 0 Å². The highest BCUT2D eigenvalue weighted by Gasteiger charge is 2.35. The number of nitrogens with one attached hydrogen (secondary N) is 1. The van der Waals surface area contributed by atoms with Crippen LogP contribution in [-0.4, -0.2) is 64.7 Å². The van der Waals surface area contributed by atoms with Crippen LogP contribution in [-0.2, 0) is 10.9 Å². The molecule has 180 valence electrons. The highest BCUT2D eigenvalue weighted by atomic mass is 19.4. The zero-order valence-electron chi connectivity index (χ0n) is 17.4. The normalized spacial score (nSPS) is 17.2. The third-order valence-electron chi connectivity index (χ3n) is 4.69. The smallest absolute Gasteiger partial charge is 0.378 e. The molecule has 0 atom stereocenters. The number of rotatable bonds is 4. The first-order valence-corrected chi connectivity index (χ1v) is 10.00.